The number of nitrogens with zero attached hydrogens (tertiary/aromatic N) is 2. The molecule has 0 aromatic heterocycles. The molecule has 1 heterocycles. The molecule has 90 valence electrons. The molecule has 0 saturated heterocycles. The van der Waals surface area contributed by atoms with Gasteiger partial charge in [-0.3, -0.25) is 14.5 Å². The maximum Gasteiger partial charge on any atom is 0.262 e. The molecular formula is C14H12N2O2. The van der Waals surface area contributed by atoms with Gasteiger partial charge in [-0.25, -0.2) is 0 Å². The lowest BCUT2D eigenvalue weighted by atomic mass is 9.97. The van der Waals surface area contributed by atoms with Crippen LogP contribution < -0.4 is 0 Å². The van der Waals surface area contributed by atoms with Gasteiger partial charge in [0.15, 0.2) is 0 Å². The molecule has 0 radical (unpaired) electrons. The highest BCUT2D eigenvalue weighted by Gasteiger charge is 2.50. The van der Waals surface area contributed by atoms with Crippen LogP contribution in [-0.4, -0.2) is 22.3 Å². The van der Waals surface area contributed by atoms with E-state index >= 15 is 0 Å². The van der Waals surface area contributed by atoms with E-state index in [9.17, 15) is 14.9 Å². The van der Waals surface area contributed by atoms with E-state index in [1.165, 1.54) is 4.90 Å². The van der Waals surface area contributed by atoms with Gasteiger partial charge in [0.05, 0.1) is 17.2 Å². The fourth-order valence-corrected chi connectivity index (χ4v) is 2.92. The molecule has 1 saturated carbocycles. The van der Waals surface area contributed by atoms with Gasteiger partial charge in [-0.05, 0) is 37.8 Å². The van der Waals surface area contributed by atoms with Gasteiger partial charge >= 0.3 is 0 Å². The van der Waals surface area contributed by atoms with Gasteiger partial charge in [-0.1, -0.05) is 12.1 Å². The maximum atomic E-state index is 12.3. The zero-order valence-corrected chi connectivity index (χ0v) is 9.85. The number of imide groups is 1. The van der Waals surface area contributed by atoms with E-state index in [0.717, 1.165) is 12.8 Å². The van der Waals surface area contributed by atoms with Crippen LogP contribution in [0.15, 0.2) is 24.3 Å². The molecule has 0 atom stereocenters. The molecule has 1 fully saturated rings. The Bertz CT molecular complexity index is 545. The molecule has 3 rings (SSSR count). The predicted octanol–water partition coefficient (Wildman–Crippen LogP) is 2.12. The van der Waals surface area contributed by atoms with Crippen molar-refractivity contribution in [2.75, 3.05) is 0 Å². The smallest absolute Gasteiger partial charge is 0.262 e. The Hall–Kier alpha value is -2.15. The number of amides is 2. The van der Waals surface area contributed by atoms with Crippen LogP contribution >= 0.6 is 0 Å². The van der Waals surface area contributed by atoms with E-state index in [4.69, 9.17) is 0 Å². The van der Waals surface area contributed by atoms with Crippen molar-refractivity contribution in [2.45, 2.75) is 31.2 Å². The van der Waals surface area contributed by atoms with Crippen LogP contribution in [0.25, 0.3) is 0 Å². The Morgan fingerprint density at radius 3 is 2.00 bits per heavy atom. The Morgan fingerprint density at radius 2 is 1.56 bits per heavy atom. The Balaban J connectivity index is 2.10. The van der Waals surface area contributed by atoms with E-state index in [-0.39, 0.29) is 11.8 Å². The van der Waals surface area contributed by atoms with E-state index in [1.807, 2.05) is 0 Å². The first-order valence-corrected chi connectivity index (χ1v) is 6.09. The average molecular weight is 240 g/mol. The lowest BCUT2D eigenvalue weighted by molar-refractivity contribution is 0.0514. The summed E-state index contributed by atoms with van der Waals surface area (Å²) in [7, 11) is 0. The van der Waals surface area contributed by atoms with Crippen LogP contribution in [-0.2, 0) is 0 Å². The standard InChI is InChI=1S/C14H12N2O2/c15-9-14(7-3-4-8-14)16-12(17)10-5-1-2-6-11(10)13(16)18/h1-2,5-6H,3-4,7-8H2. The van der Waals surface area contributed by atoms with E-state index < -0.39 is 5.54 Å². The predicted molar refractivity (Wildman–Crippen MR) is 63.8 cm³/mol. The fraction of sp³-hybridized carbons (Fsp3) is 0.357. The number of carbonyl (C=O) groups is 2. The number of carbonyl (C=O) groups excluding carboxylic acids is 2. The molecule has 1 aliphatic carbocycles. The van der Waals surface area contributed by atoms with E-state index in [2.05, 4.69) is 6.07 Å². The highest BCUT2D eigenvalue weighted by molar-refractivity contribution is 6.22. The molecule has 1 aromatic carbocycles. The molecule has 0 unspecified atom stereocenters. The number of hydrogen-bond acceptors (Lipinski definition) is 3. The summed E-state index contributed by atoms with van der Waals surface area (Å²) in [4.78, 5) is 25.8. The van der Waals surface area contributed by atoms with Crippen molar-refractivity contribution in [1.29, 1.82) is 5.26 Å². The van der Waals surface area contributed by atoms with Crippen molar-refractivity contribution in [3.8, 4) is 6.07 Å². The molecule has 1 aliphatic heterocycles. The molecule has 2 amide bonds. The van der Waals surface area contributed by atoms with Crippen molar-refractivity contribution < 1.29 is 9.59 Å². The van der Waals surface area contributed by atoms with Crippen molar-refractivity contribution in [3.63, 3.8) is 0 Å². The van der Waals surface area contributed by atoms with Crippen molar-refractivity contribution in [3.05, 3.63) is 35.4 Å². The maximum absolute atomic E-state index is 12.3. The fourth-order valence-electron chi connectivity index (χ4n) is 2.92. The highest BCUT2D eigenvalue weighted by Crippen LogP contribution is 2.39. The summed E-state index contributed by atoms with van der Waals surface area (Å²) < 4.78 is 0. The SMILES string of the molecule is N#CC1(N2C(=O)c3ccccc3C2=O)CCCC1. The van der Waals surface area contributed by atoms with Gasteiger partial charge in [0.1, 0.15) is 5.54 Å². The number of nitriles is 1. The van der Waals surface area contributed by atoms with Crippen LogP contribution in [0.1, 0.15) is 46.4 Å². The van der Waals surface area contributed by atoms with Crippen LogP contribution in [0, 0.1) is 11.3 Å². The van der Waals surface area contributed by atoms with Gasteiger partial charge in [0.25, 0.3) is 11.8 Å². The zero-order chi connectivity index (χ0) is 12.8. The minimum Gasteiger partial charge on any atom is -0.269 e. The summed E-state index contributed by atoms with van der Waals surface area (Å²) in [6, 6.07) is 8.97. The molecule has 1 aromatic rings. The number of fused-ring (bicyclic) bond motifs is 1. The quantitative estimate of drug-likeness (QED) is 0.706. The first kappa shape index (κ1) is 11.0. The van der Waals surface area contributed by atoms with Gasteiger partial charge in [0.2, 0.25) is 0 Å². The highest BCUT2D eigenvalue weighted by atomic mass is 16.2. The normalized spacial score (nSPS) is 20.9. The zero-order valence-electron chi connectivity index (χ0n) is 9.85. The third-order valence-electron chi connectivity index (χ3n) is 3.86. The van der Waals surface area contributed by atoms with Crippen molar-refractivity contribution >= 4 is 11.8 Å². The van der Waals surface area contributed by atoms with Gasteiger partial charge in [-0.2, -0.15) is 5.26 Å². The van der Waals surface area contributed by atoms with Crippen molar-refractivity contribution in [2.24, 2.45) is 0 Å². The van der Waals surface area contributed by atoms with Crippen LogP contribution in [0.3, 0.4) is 0 Å². The number of rotatable bonds is 1. The second kappa shape index (κ2) is 3.67. The van der Waals surface area contributed by atoms with Crippen molar-refractivity contribution in [1.82, 2.24) is 4.90 Å². The Kier molecular flexibility index (Phi) is 2.24. The summed E-state index contributed by atoms with van der Waals surface area (Å²) in [6.07, 6.45) is 2.96. The lowest BCUT2D eigenvalue weighted by Gasteiger charge is -2.30. The Morgan fingerprint density at radius 1 is 1.06 bits per heavy atom. The summed E-state index contributed by atoms with van der Waals surface area (Å²) in [5, 5.41) is 9.40. The van der Waals surface area contributed by atoms with Gasteiger partial charge in [0, 0.05) is 0 Å². The minimum atomic E-state index is -0.923. The number of benzene rings is 1. The molecule has 4 nitrogen and oxygen atoms in total. The van der Waals surface area contributed by atoms with Crippen LogP contribution in [0.4, 0.5) is 0 Å². The van der Waals surface area contributed by atoms with Gasteiger partial charge < -0.3 is 0 Å². The summed E-state index contributed by atoms with van der Waals surface area (Å²) in [5.41, 5.74) is -0.0826. The molecule has 2 aliphatic rings. The molecular weight excluding hydrogens is 228 g/mol. The van der Waals surface area contributed by atoms with Gasteiger partial charge in [-0.15, -0.1) is 0 Å². The number of hydrogen-bond donors (Lipinski definition) is 0. The minimum absolute atomic E-state index is 0.320. The first-order chi connectivity index (χ1) is 8.69. The van der Waals surface area contributed by atoms with Crippen LogP contribution in [0.2, 0.25) is 0 Å². The van der Waals surface area contributed by atoms with Crippen LogP contribution in [0.5, 0.6) is 0 Å². The molecule has 18 heavy (non-hydrogen) atoms. The van der Waals surface area contributed by atoms with E-state index in [1.54, 1.807) is 24.3 Å². The largest absolute Gasteiger partial charge is 0.269 e. The molecule has 4 heteroatoms. The second-order valence-electron chi connectivity index (χ2n) is 4.84. The lowest BCUT2D eigenvalue weighted by Crippen LogP contribution is -2.49. The Labute approximate surface area is 105 Å². The molecule has 0 bridgehead atoms. The first-order valence-electron chi connectivity index (χ1n) is 6.09. The van der Waals surface area contributed by atoms with E-state index in [0.29, 0.717) is 24.0 Å². The second-order valence-corrected chi connectivity index (χ2v) is 4.84. The average Bonchev–Trinajstić information content (AvgIpc) is 2.96. The summed E-state index contributed by atoms with van der Waals surface area (Å²) in [5.74, 6) is -0.641. The molecule has 0 spiro atoms. The molecule has 0 N–H and O–H groups in total. The third-order valence-corrected chi connectivity index (χ3v) is 3.86. The summed E-state index contributed by atoms with van der Waals surface area (Å²) in [6.45, 7) is 0. The topological polar surface area (TPSA) is 61.2 Å². The monoisotopic (exact) mass is 240 g/mol. The third kappa shape index (κ3) is 1.25. The summed E-state index contributed by atoms with van der Waals surface area (Å²) >= 11 is 0.